The quantitative estimate of drug-likeness (QED) is 0.921. The number of hydrogen-bond acceptors (Lipinski definition) is 4. The highest BCUT2D eigenvalue weighted by Gasteiger charge is 2.42. The van der Waals surface area contributed by atoms with E-state index in [9.17, 15) is 4.79 Å². The number of aromatic amines is 1. The number of aromatic nitrogens is 4. The molecule has 0 bridgehead atoms. The van der Waals surface area contributed by atoms with E-state index in [1.165, 1.54) is 0 Å². The summed E-state index contributed by atoms with van der Waals surface area (Å²) in [7, 11) is 0. The molecule has 1 aliphatic rings. The van der Waals surface area contributed by atoms with Crippen LogP contribution in [0.3, 0.4) is 0 Å². The second kappa shape index (κ2) is 6.89. The van der Waals surface area contributed by atoms with E-state index in [4.69, 9.17) is 11.6 Å². The van der Waals surface area contributed by atoms with Crippen LogP contribution in [-0.4, -0.2) is 38.0 Å². The topological polar surface area (TPSA) is 74.8 Å². The average Bonchev–Trinajstić information content (AvgIpc) is 3.06. The molecule has 3 rings (SSSR count). The molecule has 1 aromatic carbocycles. The Bertz CT molecular complexity index is 684. The number of piperidine rings is 1. The first-order chi connectivity index (χ1) is 11.5. The first kappa shape index (κ1) is 16.9. The van der Waals surface area contributed by atoms with Crippen LogP contribution in [0.4, 0.5) is 0 Å². The second-order valence-electron chi connectivity index (χ2n) is 6.98. The summed E-state index contributed by atoms with van der Waals surface area (Å²) in [6.07, 6.45) is 3.19. The van der Waals surface area contributed by atoms with Gasteiger partial charge in [0.25, 0.3) is 0 Å². The predicted octanol–water partition coefficient (Wildman–Crippen LogP) is 3.18. The Labute approximate surface area is 146 Å². The van der Waals surface area contributed by atoms with Crippen molar-refractivity contribution in [2.75, 3.05) is 6.54 Å². The largest absolute Gasteiger partial charge is 0.332 e. The van der Waals surface area contributed by atoms with Gasteiger partial charge in [-0.3, -0.25) is 4.79 Å². The van der Waals surface area contributed by atoms with Gasteiger partial charge in [0.2, 0.25) is 5.91 Å². The van der Waals surface area contributed by atoms with Crippen molar-refractivity contribution in [2.45, 2.75) is 45.6 Å². The van der Waals surface area contributed by atoms with Gasteiger partial charge in [0.1, 0.15) is 6.04 Å². The van der Waals surface area contributed by atoms with Crippen molar-refractivity contribution >= 4 is 17.5 Å². The van der Waals surface area contributed by atoms with Crippen LogP contribution in [0.1, 0.15) is 50.5 Å². The number of aryl methyl sites for hydroxylation is 1. The lowest BCUT2D eigenvalue weighted by atomic mass is 9.76. The molecule has 1 aromatic heterocycles. The van der Waals surface area contributed by atoms with Crippen molar-refractivity contribution in [3.63, 3.8) is 0 Å². The van der Waals surface area contributed by atoms with Crippen molar-refractivity contribution < 1.29 is 4.79 Å². The first-order valence-corrected chi connectivity index (χ1v) is 8.62. The number of benzene rings is 1. The number of tetrazole rings is 1. The van der Waals surface area contributed by atoms with Gasteiger partial charge in [-0.2, -0.15) is 5.21 Å². The van der Waals surface area contributed by atoms with Gasteiger partial charge in [-0.15, -0.1) is 10.2 Å². The third kappa shape index (κ3) is 3.59. The average molecular weight is 348 g/mol. The summed E-state index contributed by atoms with van der Waals surface area (Å²) >= 11 is 5.91. The second-order valence-corrected chi connectivity index (χ2v) is 7.41. The van der Waals surface area contributed by atoms with Gasteiger partial charge in [-0.25, -0.2) is 0 Å². The molecule has 0 radical (unpaired) electrons. The van der Waals surface area contributed by atoms with Crippen molar-refractivity contribution in [1.82, 2.24) is 25.5 Å². The molecule has 1 unspecified atom stereocenters. The molecule has 0 spiro atoms. The minimum Gasteiger partial charge on any atom is -0.332 e. The number of carbonyl (C=O) groups excluding carboxylic acids is 1. The maximum atomic E-state index is 12.8. The Balaban J connectivity index is 1.73. The van der Waals surface area contributed by atoms with Crippen LogP contribution in [0.2, 0.25) is 5.02 Å². The Morgan fingerprint density at radius 1 is 1.38 bits per heavy atom. The van der Waals surface area contributed by atoms with E-state index >= 15 is 0 Å². The molecular formula is C17H22ClN5O. The SMILES string of the molecule is CC1(C)CCCN(C(=O)CCc2ccc(Cl)cc2)C1c1nn[nH]n1. The third-order valence-corrected chi connectivity index (χ3v) is 4.99. The number of nitrogens with zero attached hydrogens (tertiary/aromatic N) is 4. The summed E-state index contributed by atoms with van der Waals surface area (Å²) in [5.74, 6) is 0.729. The molecule has 0 saturated carbocycles. The molecule has 128 valence electrons. The van der Waals surface area contributed by atoms with Gasteiger partial charge in [0, 0.05) is 18.0 Å². The molecule has 1 atom stereocenters. The molecular weight excluding hydrogens is 326 g/mol. The summed E-state index contributed by atoms with van der Waals surface area (Å²) in [6, 6.07) is 7.50. The van der Waals surface area contributed by atoms with E-state index in [2.05, 4.69) is 34.5 Å². The fourth-order valence-corrected chi connectivity index (χ4v) is 3.61. The number of likely N-dealkylation sites (tertiary alicyclic amines) is 1. The summed E-state index contributed by atoms with van der Waals surface area (Å²) < 4.78 is 0. The standard InChI is InChI=1S/C17H22ClN5O/c1-17(2)10-3-11-23(15(17)16-19-21-22-20-16)14(24)9-6-12-4-7-13(18)8-5-12/h4-5,7-8,15H,3,6,9-11H2,1-2H3,(H,19,20,21,22). The minimum atomic E-state index is -0.136. The molecule has 2 heterocycles. The van der Waals surface area contributed by atoms with Crippen LogP contribution >= 0.6 is 11.6 Å². The van der Waals surface area contributed by atoms with Crippen LogP contribution in [0.15, 0.2) is 24.3 Å². The van der Waals surface area contributed by atoms with Gasteiger partial charge >= 0.3 is 0 Å². The highest BCUT2D eigenvalue weighted by atomic mass is 35.5. The summed E-state index contributed by atoms with van der Waals surface area (Å²) in [6.45, 7) is 5.06. The van der Waals surface area contributed by atoms with Crippen LogP contribution in [0.5, 0.6) is 0 Å². The summed E-state index contributed by atoms with van der Waals surface area (Å²) in [5.41, 5.74) is 1.04. The van der Waals surface area contributed by atoms with Crippen LogP contribution in [0, 0.1) is 5.41 Å². The normalized spacial score (nSPS) is 20.1. The molecule has 0 aliphatic carbocycles. The number of rotatable bonds is 4. The monoisotopic (exact) mass is 347 g/mol. The number of H-pyrrole nitrogens is 1. The van der Waals surface area contributed by atoms with E-state index in [0.717, 1.165) is 24.9 Å². The lowest BCUT2D eigenvalue weighted by molar-refractivity contribution is -0.139. The van der Waals surface area contributed by atoms with Crippen LogP contribution in [-0.2, 0) is 11.2 Å². The molecule has 1 N–H and O–H groups in total. The molecule has 1 aliphatic heterocycles. The van der Waals surface area contributed by atoms with Gasteiger partial charge in [-0.05, 0) is 42.4 Å². The number of carbonyl (C=O) groups is 1. The molecule has 2 aromatic rings. The fourth-order valence-electron chi connectivity index (χ4n) is 3.48. The zero-order chi connectivity index (χ0) is 17.2. The zero-order valence-electron chi connectivity index (χ0n) is 14.0. The van der Waals surface area contributed by atoms with Gasteiger partial charge < -0.3 is 4.90 Å². The number of nitrogens with one attached hydrogen (secondary N) is 1. The van der Waals surface area contributed by atoms with E-state index in [0.29, 0.717) is 23.7 Å². The first-order valence-electron chi connectivity index (χ1n) is 8.24. The minimum absolute atomic E-state index is 0.0714. The van der Waals surface area contributed by atoms with Crippen molar-refractivity contribution in [1.29, 1.82) is 0 Å². The van der Waals surface area contributed by atoms with E-state index in [1.807, 2.05) is 29.2 Å². The number of amides is 1. The van der Waals surface area contributed by atoms with Crippen LogP contribution in [0.25, 0.3) is 0 Å². The maximum absolute atomic E-state index is 12.8. The van der Waals surface area contributed by atoms with Gasteiger partial charge in [-0.1, -0.05) is 42.8 Å². The Kier molecular flexibility index (Phi) is 4.85. The molecule has 1 amide bonds. The summed E-state index contributed by atoms with van der Waals surface area (Å²) in [5, 5.41) is 15.2. The number of halogens is 1. The fraction of sp³-hybridized carbons (Fsp3) is 0.529. The highest BCUT2D eigenvalue weighted by Crippen LogP contribution is 2.44. The van der Waals surface area contributed by atoms with E-state index in [1.54, 1.807) is 0 Å². The lowest BCUT2D eigenvalue weighted by Gasteiger charge is -2.45. The lowest BCUT2D eigenvalue weighted by Crippen LogP contribution is -2.47. The molecule has 6 nitrogen and oxygen atoms in total. The molecule has 24 heavy (non-hydrogen) atoms. The molecule has 1 saturated heterocycles. The predicted molar refractivity (Wildman–Crippen MR) is 91.4 cm³/mol. The van der Waals surface area contributed by atoms with Gasteiger partial charge in [0.15, 0.2) is 5.82 Å². The highest BCUT2D eigenvalue weighted by molar-refractivity contribution is 6.30. The molecule has 7 heteroatoms. The molecule has 1 fully saturated rings. The van der Waals surface area contributed by atoms with Crippen molar-refractivity contribution in [2.24, 2.45) is 5.41 Å². The Morgan fingerprint density at radius 3 is 2.79 bits per heavy atom. The van der Waals surface area contributed by atoms with E-state index in [-0.39, 0.29) is 17.4 Å². The van der Waals surface area contributed by atoms with E-state index < -0.39 is 0 Å². The Hall–Kier alpha value is -1.95. The summed E-state index contributed by atoms with van der Waals surface area (Å²) in [4.78, 5) is 14.8. The zero-order valence-corrected chi connectivity index (χ0v) is 14.8. The smallest absolute Gasteiger partial charge is 0.223 e. The van der Waals surface area contributed by atoms with Crippen molar-refractivity contribution in [3.8, 4) is 0 Å². The van der Waals surface area contributed by atoms with Gasteiger partial charge in [0.05, 0.1) is 0 Å². The van der Waals surface area contributed by atoms with Crippen molar-refractivity contribution in [3.05, 3.63) is 40.7 Å². The van der Waals surface area contributed by atoms with Crippen LogP contribution < -0.4 is 0 Å². The third-order valence-electron chi connectivity index (χ3n) is 4.74. The Morgan fingerprint density at radius 2 is 2.12 bits per heavy atom. The maximum Gasteiger partial charge on any atom is 0.223 e. The number of hydrogen-bond donors (Lipinski definition) is 1.